The molecule has 0 saturated carbocycles. The number of rotatable bonds is 17. The average Bonchev–Trinajstić information content (AvgIpc) is 2.82. The van der Waals surface area contributed by atoms with Gasteiger partial charge in [0.25, 0.3) is 0 Å². The second kappa shape index (κ2) is 18.6. The third-order valence-electron chi connectivity index (χ3n) is 5.65. The van der Waals surface area contributed by atoms with Crippen molar-refractivity contribution in [1.82, 2.24) is 16.0 Å². The van der Waals surface area contributed by atoms with Gasteiger partial charge in [0.15, 0.2) is 11.6 Å². The maximum Gasteiger partial charge on any atom is 0.408 e. The van der Waals surface area contributed by atoms with E-state index in [2.05, 4.69) is 16.0 Å². The molecule has 0 aliphatic carbocycles. The summed E-state index contributed by atoms with van der Waals surface area (Å²) in [5.74, 6) is -1.69. The molecule has 0 unspecified atom stereocenters. The molecule has 0 spiro atoms. The zero-order valence-corrected chi connectivity index (χ0v) is 30.0. The largest absolute Gasteiger partial charge is 0.444 e. The molecule has 0 heterocycles. The van der Waals surface area contributed by atoms with Crippen LogP contribution in [-0.2, 0) is 33.4 Å². The van der Waals surface area contributed by atoms with Crippen LogP contribution >= 0.6 is 21.6 Å². The minimum absolute atomic E-state index is 0.0359. The van der Waals surface area contributed by atoms with Crippen LogP contribution in [0.2, 0.25) is 0 Å². The second-order valence-electron chi connectivity index (χ2n) is 13.4. The number of ketones is 3. The third-order valence-corrected chi connectivity index (χ3v) is 8.07. The second-order valence-corrected chi connectivity index (χ2v) is 16.0. The van der Waals surface area contributed by atoms with Crippen molar-refractivity contribution in [3.63, 3.8) is 0 Å². The fourth-order valence-electron chi connectivity index (χ4n) is 3.36. The van der Waals surface area contributed by atoms with Gasteiger partial charge in [0.2, 0.25) is 5.91 Å². The van der Waals surface area contributed by atoms with E-state index in [9.17, 15) is 28.8 Å². The Morgan fingerprint density at radius 1 is 0.636 bits per heavy atom. The van der Waals surface area contributed by atoms with Gasteiger partial charge in [-0.1, -0.05) is 28.5 Å². The van der Waals surface area contributed by atoms with Gasteiger partial charge in [-0.2, -0.15) is 0 Å². The molecule has 0 bridgehead atoms. The normalized spacial score (nSPS) is 14.8. The zero-order chi connectivity index (χ0) is 34.5. The number of carbonyl (C=O) groups is 6. The Morgan fingerprint density at radius 3 is 1.48 bits per heavy atom. The summed E-state index contributed by atoms with van der Waals surface area (Å²) in [5, 5.41) is 7.80. The number of hydrogen-bond acceptors (Lipinski definition) is 11. The number of nitrogens with one attached hydrogen (secondary N) is 3. The average molecular weight is 664 g/mol. The van der Waals surface area contributed by atoms with Crippen molar-refractivity contribution >= 4 is 57.0 Å². The third kappa shape index (κ3) is 19.9. The van der Waals surface area contributed by atoms with Crippen LogP contribution < -0.4 is 16.0 Å². The number of hydrogen-bond donors (Lipinski definition) is 3. The predicted octanol–water partition coefficient (Wildman–Crippen LogP) is 4.62. The SMILES string of the molecule is CC[C@H](CC(=O)[C@H](CSSC[C@H](NC(=O)OC(C)(C)C)C(=O)N[C@@H](COC(C)(C)C)C(C)=O)NC(=O)OC(C)(C)C)C(C)=O. The Kier molecular flexibility index (Phi) is 17.6. The fourth-order valence-corrected chi connectivity index (χ4v) is 5.72. The van der Waals surface area contributed by atoms with Gasteiger partial charge in [-0.15, -0.1) is 0 Å². The van der Waals surface area contributed by atoms with Crippen LogP contribution in [0.15, 0.2) is 0 Å². The summed E-state index contributed by atoms with van der Waals surface area (Å²) in [6.07, 6.45) is -1.14. The van der Waals surface area contributed by atoms with Gasteiger partial charge in [-0.3, -0.25) is 19.2 Å². The minimum atomic E-state index is -1.10. The highest BCUT2D eigenvalue weighted by Gasteiger charge is 2.30. The van der Waals surface area contributed by atoms with Gasteiger partial charge < -0.3 is 30.2 Å². The predicted molar refractivity (Wildman–Crippen MR) is 174 cm³/mol. The molecule has 0 aromatic heterocycles. The van der Waals surface area contributed by atoms with E-state index in [1.165, 1.54) is 35.4 Å². The maximum absolute atomic E-state index is 13.2. The van der Waals surface area contributed by atoms with E-state index in [-0.39, 0.29) is 41.9 Å². The molecule has 0 aromatic rings. The van der Waals surface area contributed by atoms with E-state index in [1.807, 2.05) is 27.7 Å². The first-order valence-corrected chi connectivity index (χ1v) is 17.1. The molecule has 0 rings (SSSR count). The molecule has 14 heteroatoms. The van der Waals surface area contributed by atoms with Crippen molar-refractivity contribution in [2.24, 2.45) is 5.92 Å². The van der Waals surface area contributed by atoms with Crippen LogP contribution in [0.5, 0.6) is 0 Å². The number of ether oxygens (including phenoxy) is 3. The maximum atomic E-state index is 13.2. The smallest absolute Gasteiger partial charge is 0.408 e. The molecule has 44 heavy (non-hydrogen) atoms. The van der Waals surface area contributed by atoms with Gasteiger partial charge >= 0.3 is 12.2 Å². The Labute approximate surface area is 270 Å². The summed E-state index contributed by atoms with van der Waals surface area (Å²) >= 11 is 0. The van der Waals surface area contributed by atoms with E-state index in [4.69, 9.17) is 14.2 Å². The Balaban J connectivity index is 5.70. The van der Waals surface area contributed by atoms with Gasteiger partial charge in [-0.25, -0.2) is 9.59 Å². The van der Waals surface area contributed by atoms with Gasteiger partial charge in [0.05, 0.1) is 12.2 Å². The highest BCUT2D eigenvalue weighted by Crippen LogP contribution is 2.25. The molecule has 254 valence electrons. The molecule has 4 atom stereocenters. The summed E-state index contributed by atoms with van der Waals surface area (Å²) in [7, 11) is 2.37. The van der Waals surface area contributed by atoms with Crippen LogP contribution in [0.3, 0.4) is 0 Å². The molecule has 3 N–H and O–H groups in total. The standard InChI is InChI=1S/C30H53N3O9S2/c1-13-20(18(2)34)14-24(36)22(32-26(38)41-29(7,8)9)16-43-44-17-23(33-27(39)42-30(10,11)12)25(37)31-21(19(3)35)15-40-28(4,5)6/h20-23H,13-17H2,1-12H3,(H,31,37)(H,32,38)(H,33,39)/t20-,21+,22+,23+/m1/s1. The molecule has 3 amide bonds. The fraction of sp³-hybridized carbons (Fsp3) is 0.800. The molecule has 0 radical (unpaired) electrons. The Bertz CT molecular complexity index is 1000. The highest BCUT2D eigenvalue weighted by atomic mass is 33.1. The highest BCUT2D eigenvalue weighted by molar-refractivity contribution is 8.76. The lowest BCUT2D eigenvalue weighted by atomic mass is 9.93. The van der Waals surface area contributed by atoms with E-state index in [0.29, 0.717) is 6.42 Å². The molecule has 0 fully saturated rings. The summed E-state index contributed by atoms with van der Waals surface area (Å²) < 4.78 is 16.3. The van der Waals surface area contributed by atoms with Crippen molar-refractivity contribution in [3.05, 3.63) is 0 Å². The van der Waals surface area contributed by atoms with Crippen molar-refractivity contribution in [2.45, 2.75) is 131 Å². The topological polar surface area (TPSA) is 166 Å². The van der Waals surface area contributed by atoms with Crippen LogP contribution in [0, 0.1) is 5.92 Å². The molecular formula is C30H53N3O9S2. The first-order valence-electron chi connectivity index (χ1n) is 14.7. The lowest BCUT2D eigenvalue weighted by Crippen LogP contribution is -2.54. The number of amides is 3. The lowest BCUT2D eigenvalue weighted by molar-refractivity contribution is -0.130. The summed E-state index contributed by atoms with van der Waals surface area (Å²) in [6, 6.07) is -3.00. The summed E-state index contributed by atoms with van der Waals surface area (Å²) in [6.45, 7) is 20.2. The van der Waals surface area contributed by atoms with E-state index in [0.717, 1.165) is 0 Å². The van der Waals surface area contributed by atoms with E-state index < -0.39 is 58.9 Å². The van der Waals surface area contributed by atoms with E-state index in [1.54, 1.807) is 41.5 Å². The van der Waals surface area contributed by atoms with Gasteiger partial charge in [0.1, 0.15) is 35.1 Å². The van der Waals surface area contributed by atoms with Crippen molar-refractivity contribution < 1.29 is 43.0 Å². The minimum Gasteiger partial charge on any atom is -0.444 e. The van der Waals surface area contributed by atoms with Crippen molar-refractivity contribution in [1.29, 1.82) is 0 Å². The lowest BCUT2D eigenvalue weighted by Gasteiger charge is -2.26. The molecule has 0 saturated heterocycles. The Hall–Kier alpha value is -2.32. The first kappa shape index (κ1) is 41.7. The number of Topliss-reactive ketones (excluding diaryl/α,β-unsaturated/α-hetero) is 3. The van der Waals surface area contributed by atoms with E-state index >= 15 is 0 Å². The van der Waals surface area contributed by atoms with Crippen LogP contribution in [0.4, 0.5) is 9.59 Å². The molecular weight excluding hydrogens is 610 g/mol. The van der Waals surface area contributed by atoms with Crippen molar-refractivity contribution in [2.75, 3.05) is 18.1 Å². The quantitative estimate of drug-likeness (QED) is 0.147. The van der Waals surface area contributed by atoms with Crippen LogP contribution in [-0.4, -0.2) is 88.5 Å². The Morgan fingerprint density at radius 2 is 1.09 bits per heavy atom. The first-order chi connectivity index (χ1) is 19.9. The van der Waals surface area contributed by atoms with Gasteiger partial charge in [0, 0.05) is 23.8 Å². The molecule has 12 nitrogen and oxygen atoms in total. The van der Waals surface area contributed by atoms with Crippen molar-refractivity contribution in [3.8, 4) is 0 Å². The monoisotopic (exact) mass is 663 g/mol. The van der Waals surface area contributed by atoms with Gasteiger partial charge in [-0.05, 0) is 82.6 Å². The summed E-state index contributed by atoms with van der Waals surface area (Å²) in [5.41, 5.74) is -2.14. The molecule has 0 aliphatic rings. The van der Waals surface area contributed by atoms with Crippen LogP contribution in [0.25, 0.3) is 0 Å². The van der Waals surface area contributed by atoms with Crippen LogP contribution in [0.1, 0.15) is 95.9 Å². The number of alkyl carbamates (subject to hydrolysis) is 2. The number of carbonyl (C=O) groups excluding carboxylic acids is 6. The molecule has 0 aliphatic heterocycles. The molecule has 0 aromatic carbocycles. The zero-order valence-electron chi connectivity index (χ0n) is 28.3. The summed E-state index contributed by atoms with van der Waals surface area (Å²) in [4.78, 5) is 75.6.